The van der Waals surface area contributed by atoms with Crippen LogP contribution in [0, 0.1) is 0 Å². The molecule has 1 saturated heterocycles. The van der Waals surface area contributed by atoms with Crippen molar-refractivity contribution in [3.63, 3.8) is 0 Å². The monoisotopic (exact) mass is 425 g/mol. The van der Waals surface area contributed by atoms with Gasteiger partial charge in [0.25, 0.3) is 0 Å². The zero-order chi connectivity index (χ0) is 19.2. The largest absolute Gasteiger partial charge is 0.381 e. The molecule has 1 amide bonds. The molecular formula is C20H21Cl2NO3S. The van der Waals surface area contributed by atoms with Crippen molar-refractivity contribution in [2.75, 3.05) is 18.5 Å². The van der Waals surface area contributed by atoms with Crippen LogP contribution in [0.1, 0.15) is 24.0 Å². The molecule has 7 heteroatoms. The Bertz CT molecular complexity index is 817. The van der Waals surface area contributed by atoms with Crippen molar-refractivity contribution in [1.82, 2.24) is 0 Å². The first-order chi connectivity index (χ1) is 13.0. The van der Waals surface area contributed by atoms with Gasteiger partial charge in [-0.25, -0.2) is 0 Å². The van der Waals surface area contributed by atoms with E-state index in [9.17, 15) is 9.00 Å². The molecule has 1 aliphatic rings. The van der Waals surface area contributed by atoms with Gasteiger partial charge in [-0.1, -0.05) is 41.4 Å². The quantitative estimate of drug-likeness (QED) is 0.735. The first-order valence-electron chi connectivity index (χ1n) is 8.79. The molecule has 144 valence electrons. The van der Waals surface area contributed by atoms with Gasteiger partial charge in [-0.05, 0) is 48.2 Å². The third-order valence-corrected chi connectivity index (χ3v) is 7.00. The summed E-state index contributed by atoms with van der Waals surface area (Å²) in [5.74, 6) is 0.276. The van der Waals surface area contributed by atoms with Crippen LogP contribution >= 0.6 is 23.2 Å². The van der Waals surface area contributed by atoms with Gasteiger partial charge < -0.3 is 10.1 Å². The molecule has 1 N–H and O–H groups in total. The minimum atomic E-state index is -0.944. The summed E-state index contributed by atoms with van der Waals surface area (Å²) < 4.78 is 17.9. The van der Waals surface area contributed by atoms with Crippen LogP contribution < -0.4 is 5.32 Å². The Morgan fingerprint density at radius 3 is 2.48 bits per heavy atom. The van der Waals surface area contributed by atoms with Crippen LogP contribution in [0.5, 0.6) is 0 Å². The van der Waals surface area contributed by atoms with Crippen molar-refractivity contribution in [2.45, 2.75) is 30.3 Å². The highest BCUT2D eigenvalue weighted by Crippen LogP contribution is 2.25. The zero-order valence-corrected chi connectivity index (χ0v) is 17.1. The van der Waals surface area contributed by atoms with Crippen molar-refractivity contribution in [1.29, 1.82) is 0 Å². The van der Waals surface area contributed by atoms with Crippen LogP contribution in [-0.4, -0.2) is 28.6 Å². The summed E-state index contributed by atoms with van der Waals surface area (Å²) in [6.45, 7) is 1.36. The molecule has 0 radical (unpaired) electrons. The molecule has 1 aliphatic heterocycles. The average Bonchev–Trinajstić information content (AvgIpc) is 2.66. The number of hydrogen-bond donors (Lipinski definition) is 1. The van der Waals surface area contributed by atoms with E-state index in [1.807, 2.05) is 24.3 Å². The minimum absolute atomic E-state index is 0.0940. The number of carbonyl (C=O) groups excluding carboxylic acids is 1. The van der Waals surface area contributed by atoms with Gasteiger partial charge in [-0.2, -0.15) is 0 Å². The van der Waals surface area contributed by atoms with Gasteiger partial charge >= 0.3 is 0 Å². The topological polar surface area (TPSA) is 55.4 Å². The van der Waals surface area contributed by atoms with Gasteiger partial charge in [-0.15, -0.1) is 0 Å². The highest BCUT2D eigenvalue weighted by molar-refractivity contribution is 7.84. The highest BCUT2D eigenvalue weighted by Gasteiger charge is 2.20. The first-order valence-corrected chi connectivity index (χ1v) is 10.9. The summed E-state index contributed by atoms with van der Waals surface area (Å²) in [4.78, 5) is 12.4. The van der Waals surface area contributed by atoms with Gasteiger partial charge in [0, 0.05) is 50.7 Å². The molecule has 1 heterocycles. The van der Waals surface area contributed by atoms with Gasteiger partial charge in [0.15, 0.2) is 0 Å². The van der Waals surface area contributed by atoms with Crippen LogP contribution in [0.15, 0.2) is 42.5 Å². The molecule has 27 heavy (non-hydrogen) atoms. The minimum Gasteiger partial charge on any atom is -0.381 e. The summed E-state index contributed by atoms with van der Waals surface area (Å²) in [6.07, 6.45) is 1.76. The van der Waals surface area contributed by atoms with Gasteiger partial charge in [0.05, 0.1) is 6.42 Å². The standard InChI is InChI=1S/C20H21Cl2NO3S/c21-18-5-2-6-19(22)17(18)12-20(24)23-15-4-1-3-14(11-15)13-27(25)16-7-9-26-10-8-16/h1-6,11,16H,7-10,12-13H2,(H,23,24). The predicted octanol–water partition coefficient (Wildman–Crippen LogP) is 4.60. The van der Waals surface area contributed by atoms with Crippen LogP contribution in [0.4, 0.5) is 5.69 Å². The van der Waals surface area contributed by atoms with Crippen molar-refractivity contribution in [3.05, 3.63) is 63.6 Å². The second-order valence-electron chi connectivity index (χ2n) is 6.46. The second-order valence-corrected chi connectivity index (χ2v) is 8.99. The first kappa shape index (κ1) is 20.3. The summed E-state index contributed by atoms with van der Waals surface area (Å²) in [5, 5.41) is 3.98. The van der Waals surface area contributed by atoms with Gasteiger partial charge in [-0.3, -0.25) is 9.00 Å². The van der Waals surface area contributed by atoms with E-state index in [1.54, 1.807) is 18.2 Å². The molecule has 0 aliphatic carbocycles. The number of ether oxygens (including phenoxy) is 1. The fourth-order valence-corrected chi connectivity index (χ4v) is 5.02. The lowest BCUT2D eigenvalue weighted by molar-refractivity contribution is -0.115. The van der Waals surface area contributed by atoms with E-state index in [0.29, 0.717) is 40.3 Å². The van der Waals surface area contributed by atoms with E-state index in [0.717, 1.165) is 18.4 Å². The lowest BCUT2D eigenvalue weighted by atomic mass is 10.1. The fraction of sp³-hybridized carbons (Fsp3) is 0.350. The Kier molecular flexibility index (Phi) is 7.30. The number of carbonyl (C=O) groups is 1. The van der Waals surface area contributed by atoms with Gasteiger partial charge in [0.1, 0.15) is 0 Å². The third-order valence-electron chi connectivity index (χ3n) is 4.46. The maximum Gasteiger partial charge on any atom is 0.228 e. The zero-order valence-electron chi connectivity index (χ0n) is 14.8. The molecule has 0 spiro atoms. The molecular weight excluding hydrogens is 405 g/mol. The van der Waals surface area contributed by atoms with E-state index in [-0.39, 0.29) is 17.6 Å². The molecule has 2 aromatic rings. The van der Waals surface area contributed by atoms with E-state index >= 15 is 0 Å². The maximum absolute atomic E-state index is 12.6. The summed E-state index contributed by atoms with van der Waals surface area (Å²) in [6, 6.07) is 12.6. The maximum atomic E-state index is 12.6. The lowest BCUT2D eigenvalue weighted by Crippen LogP contribution is -2.25. The number of hydrogen-bond acceptors (Lipinski definition) is 3. The molecule has 4 nitrogen and oxygen atoms in total. The molecule has 0 aromatic heterocycles. The van der Waals surface area contributed by atoms with E-state index < -0.39 is 10.8 Å². The summed E-state index contributed by atoms with van der Waals surface area (Å²) in [7, 11) is -0.944. The normalized spacial score (nSPS) is 16.1. The Morgan fingerprint density at radius 2 is 1.78 bits per heavy atom. The van der Waals surface area contributed by atoms with E-state index in [2.05, 4.69) is 5.32 Å². The van der Waals surface area contributed by atoms with Crippen LogP contribution in [-0.2, 0) is 32.5 Å². The van der Waals surface area contributed by atoms with Crippen LogP contribution in [0.3, 0.4) is 0 Å². The number of nitrogens with one attached hydrogen (secondary N) is 1. The van der Waals surface area contributed by atoms with Gasteiger partial charge in [0.2, 0.25) is 5.91 Å². The number of benzene rings is 2. The summed E-state index contributed by atoms with van der Waals surface area (Å²) in [5.41, 5.74) is 2.22. The molecule has 1 fully saturated rings. The molecule has 0 saturated carbocycles. The number of amides is 1. The highest BCUT2D eigenvalue weighted by atomic mass is 35.5. The summed E-state index contributed by atoms with van der Waals surface area (Å²) >= 11 is 12.3. The third kappa shape index (κ3) is 5.79. The molecule has 2 aromatic carbocycles. The van der Waals surface area contributed by atoms with Crippen LogP contribution in [0.25, 0.3) is 0 Å². The average molecular weight is 426 g/mol. The molecule has 0 bridgehead atoms. The molecule has 1 atom stereocenters. The number of anilines is 1. The van der Waals surface area contributed by atoms with E-state index in [4.69, 9.17) is 27.9 Å². The van der Waals surface area contributed by atoms with Crippen LogP contribution in [0.2, 0.25) is 10.0 Å². The van der Waals surface area contributed by atoms with Crippen molar-refractivity contribution in [2.24, 2.45) is 0 Å². The number of rotatable bonds is 6. The van der Waals surface area contributed by atoms with Crippen molar-refractivity contribution in [3.8, 4) is 0 Å². The number of halogens is 2. The van der Waals surface area contributed by atoms with Crippen molar-refractivity contribution >= 4 is 45.6 Å². The van der Waals surface area contributed by atoms with E-state index in [1.165, 1.54) is 0 Å². The Hall–Kier alpha value is -1.40. The Balaban J connectivity index is 1.61. The second kappa shape index (κ2) is 9.69. The Morgan fingerprint density at radius 1 is 1.11 bits per heavy atom. The smallest absolute Gasteiger partial charge is 0.228 e. The SMILES string of the molecule is O=C(Cc1c(Cl)cccc1Cl)Nc1cccc(CS(=O)C2CCOCC2)c1. The predicted molar refractivity (Wildman–Crippen MR) is 111 cm³/mol. The van der Waals surface area contributed by atoms with Crippen molar-refractivity contribution < 1.29 is 13.7 Å². The molecule has 3 rings (SSSR count). The Labute approximate surface area is 171 Å². The fourth-order valence-electron chi connectivity index (χ4n) is 3.03. The molecule has 1 unspecified atom stereocenters. The lowest BCUT2D eigenvalue weighted by Gasteiger charge is -2.21.